The van der Waals surface area contributed by atoms with E-state index >= 15 is 0 Å². The van der Waals surface area contributed by atoms with Crippen LogP contribution in [0.15, 0.2) is 0 Å². The third-order valence-electron chi connectivity index (χ3n) is 3.16. The van der Waals surface area contributed by atoms with Gasteiger partial charge in [0.25, 0.3) is 0 Å². The summed E-state index contributed by atoms with van der Waals surface area (Å²) in [6.45, 7) is 10.4. The molecule has 0 heterocycles. The van der Waals surface area contributed by atoms with Crippen LogP contribution in [-0.2, 0) is 4.79 Å². The van der Waals surface area contributed by atoms with Crippen molar-refractivity contribution in [2.24, 2.45) is 10.8 Å². The van der Waals surface area contributed by atoms with Gasteiger partial charge < -0.3 is 5.11 Å². The van der Waals surface area contributed by atoms with Crippen molar-refractivity contribution in [1.82, 2.24) is 0 Å². The van der Waals surface area contributed by atoms with Gasteiger partial charge in [-0.25, -0.2) is 0 Å². The molecule has 2 nitrogen and oxygen atoms in total. The molecule has 1 N–H and O–H groups in total. The summed E-state index contributed by atoms with van der Waals surface area (Å²) in [5, 5.41) is 9.22. The normalized spacial score (nSPS) is 12.9. The van der Waals surface area contributed by atoms with Crippen molar-refractivity contribution in [3.05, 3.63) is 0 Å². The van der Waals surface area contributed by atoms with E-state index in [2.05, 4.69) is 20.8 Å². The smallest absolute Gasteiger partial charge is 0.309 e. The van der Waals surface area contributed by atoms with Gasteiger partial charge in [0, 0.05) is 0 Å². The van der Waals surface area contributed by atoms with Gasteiger partial charge in [-0.05, 0) is 31.1 Å². The molecule has 0 aromatic rings. The quantitative estimate of drug-likeness (QED) is 0.734. The maximum Gasteiger partial charge on any atom is 0.309 e. The summed E-state index contributed by atoms with van der Waals surface area (Å²) in [5.74, 6) is -0.633. The van der Waals surface area contributed by atoms with Crippen LogP contribution >= 0.6 is 0 Å². The van der Waals surface area contributed by atoms with E-state index < -0.39 is 11.4 Å². The molecule has 0 aliphatic rings. The average molecular weight is 200 g/mol. The van der Waals surface area contributed by atoms with Crippen LogP contribution in [0.2, 0.25) is 0 Å². The van der Waals surface area contributed by atoms with Gasteiger partial charge in [-0.15, -0.1) is 0 Å². The molecule has 0 spiro atoms. The first-order valence-electron chi connectivity index (χ1n) is 5.51. The van der Waals surface area contributed by atoms with Crippen molar-refractivity contribution in [2.75, 3.05) is 0 Å². The number of hydrogen-bond donors (Lipinski definition) is 1. The molecule has 0 aromatic heterocycles. The van der Waals surface area contributed by atoms with Crippen LogP contribution < -0.4 is 0 Å². The summed E-state index contributed by atoms with van der Waals surface area (Å²) >= 11 is 0. The molecule has 0 aliphatic heterocycles. The Morgan fingerprint density at radius 1 is 1.07 bits per heavy atom. The number of carboxylic acid groups (broad SMARTS) is 1. The largest absolute Gasteiger partial charge is 0.481 e. The van der Waals surface area contributed by atoms with Crippen LogP contribution in [0.25, 0.3) is 0 Å². The highest BCUT2D eigenvalue weighted by Gasteiger charge is 2.35. The second-order valence-corrected chi connectivity index (χ2v) is 5.35. The minimum Gasteiger partial charge on any atom is -0.481 e. The fourth-order valence-electron chi connectivity index (χ4n) is 1.63. The summed E-state index contributed by atoms with van der Waals surface area (Å²) < 4.78 is 0. The fourth-order valence-corrected chi connectivity index (χ4v) is 1.63. The minimum absolute atomic E-state index is 0.227. The number of hydrogen-bond acceptors (Lipinski definition) is 1. The first kappa shape index (κ1) is 13.5. The first-order valence-corrected chi connectivity index (χ1v) is 5.51. The molecule has 84 valence electrons. The molecule has 0 saturated heterocycles. The van der Waals surface area contributed by atoms with Crippen LogP contribution in [0.3, 0.4) is 0 Å². The molecule has 0 amide bonds. The van der Waals surface area contributed by atoms with E-state index in [4.69, 9.17) is 0 Å². The summed E-state index contributed by atoms with van der Waals surface area (Å²) in [7, 11) is 0. The Balaban J connectivity index is 4.45. The maximum absolute atomic E-state index is 11.2. The number of aliphatic carboxylic acids is 1. The SMILES string of the molecule is CCC(CC)(CCC(C)(C)C)C(=O)O. The Kier molecular flexibility index (Phi) is 4.63. The minimum atomic E-state index is -0.633. The average Bonchev–Trinajstić information content (AvgIpc) is 2.04. The van der Waals surface area contributed by atoms with Gasteiger partial charge in [0.05, 0.1) is 5.41 Å². The Labute approximate surface area is 87.7 Å². The Hall–Kier alpha value is -0.530. The zero-order valence-corrected chi connectivity index (χ0v) is 10.2. The van der Waals surface area contributed by atoms with Crippen LogP contribution in [0.5, 0.6) is 0 Å². The van der Waals surface area contributed by atoms with Crippen molar-refractivity contribution >= 4 is 5.97 Å². The molecule has 0 rings (SSSR count). The highest BCUT2D eigenvalue weighted by Crippen LogP contribution is 2.36. The lowest BCUT2D eigenvalue weighted by molar-refractivity contribution is -0.150. The van der Waals surface area contributed by atoms with Crippen molar-refractivity contribution in [3.63, 3.8) is 0 Å². The lowest BCUT2D eigenvalue weighted by Gasteiger charge is -2.30. The van der Waals surface area contributed by atoms with Gasteiger partial charge in [0.1, 0.15) is 0 Å². The van der Waals surface area contributed by atoms with Gasteiger partial charge in [0.2, 0.25) is 0 Å². The van der Waals surface area contributed by atoms with Crippen LogP contribution in [0.4, 0.5) is 0 Å². The topological polar surface area (TPSA) is 37.3 Å². The Bertz CT molecular complexity index is 185. The highest BCUT2D eigenvalue weighted by atomic mass is 16.4. The zero-order valence-electron chi connectivity index (χ0n) is 10.2. The predicted molar refractivity (Wildman–Crippen MR) is 59.3 cm³/mol. The maximum atomic E-state index is 11.2. The molecule has 14 heavy (non-hydrogen) atoms. The van der Waals surface area contributed by atoms with E-state index in [0.717, 1.165) is 25.7 Å². The lowest BCUT2D eigenvalue weighted by atomic mass is 9.74. The van der Waals surface area contributed by atoms with Crippen LogP contribution in [0, 0.1) is 10.8 Å². The van der Waals surface area contributed by atoms with E-state index in [1.54, 1.807) is 0 Å². The van der Waals surface area contributed by atoms with Gasteiger partial charge in [0.15, 0.2) is 0 Å². The van der Waals surface area contributed by atoms with Crippen molar-refractivity contribution in [2.45, 2.75) is 60.3 Å². The second kappa shape index (κ2) is 4.81. The number of carboxylic acids is 1. The summed E-state index contributed by atoms with van der Waals surface area (Å²) in [4.78, 5) is 11.2. The lowest BCUT2D eigenvalue weighted by Crippen LogP contribution is -2.30. The van der Waals surface area contributed by atoms with Crippen LogP contribution in [0.1, 0.15) is 60.3 Å². The molecule has 0 aliphatic carbocycles. The van der Waals surface area contributed by atoms with Crippen molar-refractivity contribution in [1.29, 1.82) is 0 Å². The van der Waals surface area contributed by atoms with Crippen LogP contribution in [-0.4, -0.2) is 11.1 Å². The third kappa shape index (κ3) is 3.69. The monoisotopic (exact) mass is 200 g/mol. The summed E-state index contributed by atoms with van der Waals surface area (Å²) in [5.41, 5.74) is -0.266. The van der Waals surface area contributed by atoms with Gasteiger partial charge in [-0.3, -0.25) is 4.79 Å². The fraction of sp³-hybridized carbons (Fsp3) is 0.917. The standard InChI is InChI=1S/C12H24O2/c1-6-12(7-2,10(13)14)9-8-11(3,4)5/h6-9H2,1-5H3,(H,13,14). The Morgan fingerprint density at radius 3 is 1.71 bits per heavy atom. The molecule has 0 aromatic carbocycles. The predicted octanol–water partition coefficient (Wildman–Crippen LogP) is 3.70. The zero-order chi connectivity index (χ0) is 11.4. The van der Waals surface area contributed by atoms with E-state index in [0.29, 0.717) is 0 Å². The second-order valence-electron chi connectivity index (χ2n) is 5.35. The first-order chi connectivity index (χ1) is 6.27. The van der Waals surface area contributed by atoms with Crippen molar-refractivity contribution in [3.8, 4) is 0 Å². The van der Waals surface area contributed by atoms with E-state index in [9.17, 15) is 9.90 Å². The number of rotatable bonds is 5. The van der Waals surface area contributed by atoms with Gasteiger partial charge in [-0.1, -0.05) is 34.6 Å². The summed E-state index contributed by atoms with van der Waals surface area (Å²) in [6, 6.07) is 0. The van der Waals surface area contributed by atoms with E-state index in [1.165, 1.54) is 0 Å². The van der Waals surface area contributed by atoms with E-state index in [1.807, 2.05) is 13.8 Å². The Morgan fingerprint density at radius 2 is 1.50 bits per heavy atom. The molecule has 0 bridgehead atoms. The number of carbonyl (C=O) groups is 1. The molecular formula is C12H24O2. The molecule has 0 radical (unpaired) electrons. The molecule has 0 saturated carbocycles. The van der Waals surface area contributed by atoms with Gasteiger partial charge in [-0.2, -0.15) is 0 Å². The van der Waals surface area contributed by atoms with Crippen molar-refractivity contribution < 1.29 is 9.90 Å². The summed E-state index contributed by atoms with van der Waals surface area (Å²) in [6.07, 6.45) is 3.23. The molecule has 0 unspecified atom stereocenters. The molecule has 0 atom stereocenters. The molecule has 2 heteroatoms. The highest BCUT2D eigenvalue weighted by molar-refractivity contribution is 5.74. The van der Waals surface area contributed by atoms with E-state index in [-0.39, 0.29) is 5.41 Å². The molecular weight excluding hydrogens is 176 g/mol. The molecule has 0 fully saturated rings. The van der Waals surface area contributed by atoms with Gasteiger partial charge >= 0.3 is 5.97 Å². The third-order valence-corrected chi connectivity index (χ3v) is 3.16.